The Hall–Kier alpha value is -3.42. The molecule has 1 amide bonds. The lowest BCUT2D eigenvalue weighted by atomic mass is 10.1. The Bertz CT molecular complexity index is 955. The maximum atomic E-state index is 13.0. The first-order valence-corrected chi connectivity index (χ1v) is 7.90. The number of fused-ring (bicyclic) bond motifs is 1. The Labute approximate surface area is 147 Å². The second kappa shape index (κ2) is 6.47. The molecule has 26 heavy (non-hydrogen) atoms. The summed E-state index contributed by atoms with van der Waals surface area (Å²) in [6.45, 7) is 1.87. The predicted octanol–water partition coefficient (Wildman–Crippen LogP) is 3.10. The normalized spacial score (nSPS) is 13.5. The number of amides is 1. The van der Waals surface area contributed by atoms with E-state index in [1.165, 1.54) is 12.1 Å². The molecule has 0 aliphatic carbocycles. The Morgan fingerprint density at radius 1 is 1.15 bits per heavy atom. The number of ether oxygens (including phenoxy) is 2. The number of hydrogen-bond acceptors (Lipinski definition) is 6. The van der Waals surface area contributed by atoms with Crippen LogP contribution in [0.1, 0.15) is 29.2 Å². The first-order valence-electron chi connectivity index (χ1n) is 7.90. The summed E-state index contributed by atoms with van der Waals surface area (Å²) in [4.78, 5) is 16.7. The van der Waals surface area contributed by atoms with Crippen molar-refractivity contribution in [2.45, 2.75) is 13.0 Å². The number of halogens is 1. The van der Waals surface area contributed by atoms with Crippen molar-refractivity contribution in [2.75, 3.05) is 6.79 Å². The number of rotatable bonds is 4. The Morgan fingerprint density at radius 3 is 2.73 bits per heavy atom. The highest BCUT2D eigenvalue weighted by Gasteiger charge is 2.20. The van der Waals surface area contributed by atoms with Crippen LogP contribution in [-0.4, -0.2) is 22.8 Å². The number of nitrogens with zero attached hydrogens (tertiary/aromatic N) is 2. The molecule has 2 heterocycles. The molecule has 1 aromatic heterocycles. The quantitative estimate of drug-likeness (QED) is 0.774. The van der Waals surface area contributed by atoms with Crippen molar-refractivity contribution in [2.24, 2.45) is 0 Å². The number of hydrogen-bond donors (Lipinski definition) is 1. The van der Waals surface area contributed by atoms with Gasteiger partial charge in [0.25, 0.3) is 5.91 Å². The molecule has 0 fully saturated rings. The van der Waals surface area contributed by atoms with Crippen molar-refractivity contribution in [3.8, 4) is 22.9 Å². The van der Waals surface area contributed by atoms with Gasteiger partial charge in [-0.2, -0.15) is 4.98 Å². The van der Waals surface area contributed by atoms with E-state index in [9.17, 15) is 9.18 Å². The van der Waals surface area contributed by atoms with Crippen molar-refractivity contribution in [3.05, 3.63) is 59.7 Å². The molecule has 2 aromatic carbocycles. The molecular weight excluding hydrogens is 341 g/mol. The highest BCUT2D eigenvalue weighted by Crippen LogP contribution is 2.32. The van der Waals surface area contributed by atoms with Gasteiger partial charge in [-0.3, -0.25) is 4.79 Å². The second-order valence-electron chi connectivity index (χ2n) is 5.73. The summed E-state index contributed by atoms with van der Waals surface area (Å²) in [5.74, 6) is 1.05. The maximum Gasteiger partial charge on any atom is 0.252 e. The van der Waals surface area contributed by atoms with Crippen LogP contribution in [-0.2, 0) is 0 Å². The minimum atomic E-state index is -0.505. The summed E-state index contributed by atoms with van der Waals surface area (Å²) >= 11 is 0. The molecule has 0 saturated carbocycles. The van der Waals surface area contributed by atoms with Gasteiger partial charge in [0.1, 0.15) is 11.9 Å². The van der Waals surface area contributed by atoms with Gasteiger partial charge in [-0.15, -0.1) is 0 Å². The monoisotopic (exact) mass is 355 g/mol. The minimum Gasteiger partial charge on any atom is -0.454 e. The third kappa shape index (κ3) is 3.08. The van der Waals surface area contributed by atoms with Crippen LogP contribution in [0.3, 0.4) is 0 Å². The molecule has 0 bridgehead atoms. The van der Waals surface area contributed by atoms with Crippen LogP contribution in [0.5, 0.6) is 11.5 Å². The average molecular weight is 355 g/mol. The van der Waals surface area contributed by atoms with Crippen LogP contribution < -0.4 is 14.8 Å². The van der Waals surface area contributed by atoms with Crippen molar-refractivity contribution >= 4 is 5.91 Å². The molecule has 1 aliphatic rings. The number of carbonyl (C=O) groups is 1. The van der Waals surface area contributed by atoms with Crippen molar-refractivity contribution in [1.82, 2.24) is 15.5 Å². The van der Waals surface area contributed by atoms with Crippen molar-refractivity contribution < 1.29 is 23.2 Å². The predicted molar refractivity (Wildman–Crippen MR) is 88.1 cm³/mol. The van der Waals surface area contributed by atoms with Crippen molar-refractivity contribution in [3.63, 3.8) is 0 Å². The van der Waals surface area contributed by atoms with Gasteiger partial charge in [-0.1, -0.05) is 5.16 Å². The van der Waals surface area contributed by atoms with Gasteiger partial charge in [0.2, 0.25) is 18.5 Å². The van der Waals surface area contributed by atoms with E-state index >= 15 is 0 Å². The van der Waals surface area contributed by atoms with Gasteiger partial charge >= 0.3 is 0 Å². The molecule has 0 spiro atoms. The molecule has 132 valence electrons. The van der Waals surface area contributed by atoms with E-state index in [1.54, 1.807) is 37.3 Å². The summed E-state index contributed by atoms with van der Waals surface area (Å²) < 4.78 is 28.7. The van der Waals surface area contributed by atoms with Gasteiger partial charge in [0.15, 0.2) is 11.5 Å². The zero-order valence-corrected chi connectivity index (χ0v) is 13.7. The summed E-state index contributed by atoms with van der Waals surface area (Å²) in [6.07, 6.45) is 0. The van der Waals surface area contributed by atoms with Gasteiger partial charge in [-0.25, -0.2) is 4.39 Å². The summed E-state index contributed by atoms with van der Waals surface area (Å²) in [5.41, 5.74) is 1.05. The lowest BCUT2D eigenvalue weighted by Gasteiger charge is -2.10. The molecule has 4 rings (SSSR count). The van der Waals surface area contributed by atoms with Gasteiger partial charge in [0, 0.05) is 11.1 Å². The van der Waals surface area contributed by atoms with E-state index in [4.69, 9.17) is 14.0 Å². The zero-order valence-electron chi connectivity index (χ0n) is 13.7. The van der Waals surface area contributed by atoms with Crippen LogP contribution in [0, 0.1) is 5.82 Å². The lowest BCUT2D eigenvalue weighted by molar-refractivity contribution is 0.0932. The fraction of sp³-hybridized carbons (Fsp3) is 0.167. The second-order valence-corrected chi connectivity index (χ2v) is 5.73. The van der Waals surface area contributed by atoms with Crippen LogP contribution in [0.15, 0.2) is 47.0 Å². The summed E-state index contributed by atoms with van der Waals surface area (Å²) in [7, 11) is 0. The lowest BCUT2D eigenvalue weighted by Crippen LogP contribution is -2.26. The Kier molecular flexibility index (Phi) is 4.00. The van der Waals surface area contributed by atoms with Gasteiger partial charge in [-0.05, 0) is 49.4 Å². The summed E-state index contributed by atoms with van der Waals surface area (Å²) in [5, 5.41) is 6.65. The number of aromatic nitrogens is 2. The van der Waals surface area contributed by atoms with E-state index in [2.05, 4.69) is 15.5 Å². The van der Waals surface area contributed by atoms with E-state index in [1.807, 2.05) is 0 Å². The van der Waals surface area contributed by atoms with Gasteiger partial charge in [0.05, 0.1) is 0 Å². The smallest absolute Gasteiger partial charge is 0.252 e. The van der Waals surface area contributed by atoms with Crippen LogP contribution in [0.2, 0.25) is 0 Å². The van der Waals surface area contributed by atoms with Crippen LogP contribution in [0.4, 0.5) is 4.39 Å². The molecule has 1 aliphatic heterocycles. The molecule has 7 nitrogen and oxygen atoms in total. The van der Waals surface area contributed by atoms with E-state index in [-0.39, 0.29) is 24.4 Å². The number of carbonyl (C=O) groups excluding carboxylic acids is 1. The Morgan fingerprint density at radius 2 is 1.92 bits per heavy atom. The molecular formula is C18H14FN3O4. The van der Waals surface area contributed by atoms with E-state index < -0.39 is 6.04 Å². The largest absolute Gasteiger partial charge is 0.454 e. The van der Waals surface area contributed by atoms with E-state index in [0.717, 1.165) is 0 Å². The van der Waals surface area contributed by atoms with Crippen molar-refractivity contribution in [1.29, 1.82) is 0 Å². The number of benzene rings is 2. The average Bonchev–Trinajstić information content (AvgIpc) is 3.31. The first kappa shape index (κ1) is 16.1. The molecule has 1 N–H and O–H groups in total. The molecule has 1 unspecified atom stereocenters. The molecule has 8 heteroatoms. The maximum absolute atomic E-state index is 13.0. The summed E-state index contributed by atoms with van der Waals surface area (Å²) in [6, 6.07) is 10.2. The highest BCUT2D eigenvalue weighted by molar-refractivity contribution is 5.95. The van der Waals surface area contributed by atoms with Gasteiger partial charge < -0.3 is 19.3 Å². The molecule has 1 atom stereocenters. The third-order valence-corrected chi connectivity index (χ3v) is 3.90. The zero-order chi connectivity index (χ0) is 18.1. The fourth-order valence-electron chi connectivity index (χ4n) is 2.51. The Balaban J connectivity index is 1.47. The van der Waals surface area contributed by atoms with E-state index in [0.29, 0.717) is 28.5 Å². The fourth-order valence-corrected chi connectivity index (χ4v) is 2.51. The standard InChI is InChI=1S/C18H14FN3O4/c1-10(18-21-16(22-26-18)11-2-5-13(19)6-3-11)20-17(23)12-4-7-14-15(8-12)25-9-24-14/h2-8,10H,9H2,1H3,(H,20,23). The SMILES string of the molecule is CC(NC(=O)c1ccc2c(c1)OCO2)c1nc(-c2ccc(F)cc2)no1. The highest BCUT2D eigenvalue weighted by atomic mass is 19.1. The molecule has 0 saturated heterocycles. The third-order valence-electron chi connectivity index (χ3n) is 3.90. The molecule has 3 aromatic rings. The molecule has 0 radical (unpaired) electrons. The van der Waals surface area contributed by atoms with Crippen LogP contribution in [0.25, 0.3) is 11.4 Å². The van der Waals surface area contributed by atoms with Crippen LogP contribution >= 0.6 is 0 Å². The number of nitrogens with one attached hydrogen (secondary N) is 1. The minimum absolute atomic E-state index is 0.144. The first-order chi connectivity index (χ1) is 12.6. The topological polar surface area (TPSA) is 86.5 Å².